The van der Waals surface area contributed by atoms with Gasteiger partial charge in [0.2, 0.25) is 0 Å². The average molecular weight is 543 g/mol. The van der Waals surface area contributed by atoms with Crippen molar-refractivity contribution in [3.63, 3.8) is 0 Å². The Labute approximate surface area is 227 Å². The number of carbonyl (C=O) groups excluding carboxylic acids is 3. The van der Waals surface area contributed by atoms with Crippen molar-refractivity contribution in [3.8, 4) is 0 Å². The van der Waals surface area contributed by atoms with E-state index in [4.69, 9.17) is 16.3 Å². The van der Waals surface area contributed by atoms with Crippen LogP contribution in [0.2, 0.25) is 5.02 Å². The minimum atomic E-state index is -0.981. The molecule has 0 saturated carbocycles. The van der Waals surface area contributed by atoms with E-state index in [-0.39, 0.29) is 36.2 Å². The molecule has 3 amide bonds. The van der Waals surface area contributed by atoms with Crippen LogP contribution in [0.3, 0.4) is 0 Å². The van der Waals surface area contributed by atoms with Gasteiger partial charge < -0.3 is 15.0 Å². The summed E-state index contributed by atoms with van der Waals surface area (Å²) in [5, 5.41) is 3.36. The first-order valence-electron chi connectivity index (χ1n) is 12.8. The molecule has 8 nitrogen and oxygen atoms in total. The Balaban J connectivity index is 1.63. The number of nitrogens with one attached hydrogen (secondary N) is 1. The molecule has 1 saturated heterocycles. The van der Waals surface area contributed by atoms with Crippen LogP contribution < -0.4 is 5.32 Å². The quantitative estimate of drug-likeness (QED) is 0.530. The molecule has 2 aromatic rings. The van der Waals surface area contributed by atoms with Crippen LogP contribution in [-0.2, 0) is 9.53 Å². The lowest BCUT2D eigenvalue weighted by atomic mass is 9.93. The van der Waals surface area contributed by atoms with E-state index in [1.54, 1.807) is 49.4 Å². The number of piperazine rings is 1. The summed E-state index contributed by atoms with van der Waals surface area (Å²) in [7, 11) is 0. The molecule has 2 heterocycles. The third kappa shape index (κ3) is 5.68. The molecule has 0 radical (unpaired) electrons. The summed E-state index contributed by atoms with van der Waals surface area (Å²) in [6, 6.07) is 11.4. The number of nitrogens with zero attached hydrogens (tertiary/aromatic N) is 3. The van der Waals surface area contributed by atoms with Crippen molar-refractivity contribution in [3.05, 3.63) is 81.8 Å². The van der Waals surface area contributed by atoms with Gasteiger partial charge in [0.05, 0.1) is 18.2 Å². The second kappa shape index (κ2) is 12.0. The summed E-state index contributed by atoms with van der Waals surface area (Å²) in [5.41, 5.74) is 1.46. The number of hydrogen-bond donors (Lipinski definition) is 1. The second-order valence-corrected chi connectivity index (χ2v) is 9.76. The van der Waals surface area contributed by atoms with Crippen LogP contribution in [0.5, 0.6) is 0 Å². The van der Waals surface area contributed by atoms with E-state index < -0.39 is 23.9 Å². The standard InChI is InChI=1S/C28H32ClFN4O4/c1-4-33-23(17-32-14-15-34(18(3)16-32)26(35)19-10-12-20(29)13-11-19)24(27(36)38-5-2)25(31-28(33)37)21-8-6-7-9-22(21)30/h6-13,18,25H,4-5,14-17H2,1-3H3,(H,31,37)/t18-,25-/m1/s1. The van der Waals surface area contributed by atoms with Gasteiger partial charge in [-0.1, -0.05) is 29.8 Å². The van der Waals surface area contributed by atoms with E-state index in [0.717, 1.165) is 0 Å². The Hall–Kier alpha value is -3.43. The molecule has 0 unspecified atom stereocenters. The monoisotopic (exact) mass is 542 g/mol. The number of amides is 3. The normalized spacial score (nSPS) is 20.4. The van der Waals surface area contributed by atoms with Crippen molar-refractivity contribution < 1.29 is 23.5 Å². The van der Waals surface area contributed by atoms with Gasteiger partial charge >= 0.3 is 12.0 Å². The summed E-state index contributed by atoms with van der Waals surface area (Å²) in [6.45, 7) is 7.75. The molecule has 0 spiro atoms. The predicted molar refractivity (Wildman–Crippen MR) is 142 cm³/mol. The maximum absolute atomic E-state index is 14.8. The Morgan fingerprint density at radius 3 is 2.45 bits per heavy atom. The van der Waals surface area contributed by atoms with Gasteiger partial charge in [-0.05, 0) is 51.1 Å². The van der Waals surface area contributed by atoms with Gasteiger partial charge in [0.15, 0.2) is 0 Å². The van der Waals surface area contributed by atoms with Crippen molar-refractivity contribution in [1.29, 1.82) is 0 Å². The summed E-state index contributed by atoms with van der Waals surface area (Å²) in [6.07, 6.45) is 0. The Bertz CT molecular complexity index is 1240. The fraction of sp³-hybridized carbons (Fsp3) is 0.393. The zero-order valence-electron chi connectivity index (χ0n) is 21.7. The van der Waals surface area contributed by atoms with E-state index in [0.29, 0.717) is 42.5 Å². The van der Waals surface area contributed by atoms with Gasteiger partial charge in [-0.25, -0.2) is 14.0 Å². The van der Waals surface area contributed by atoms with Gasteiger partial charge in [-0.2, -0.15) is 0 Å². The number of carbonyl (C=O) groups is 3. The Morgan fingerprint density at radius 2 is 1.82 bits per heavy atom. The molecule has 4 rings (SSSR count). The van der Waals surface area contributed by atoms with Crippen LogP contribution in [-0.4, -0.2) is 78.0 Å². The minimum absolute atomic E-state index is 0.0768. The van der Waals surface area contributed by atoms with Crippen molar-refractivity contribution in [2.45, 2.75) is 32.9 Å². The fourth-order valence-electron chi connectivity index (χ4n) is 5.05. The molecule has 38 heavy (non-hydrogen) atoms. The van der Waals surface area contributed by atoms with E-state index in [2.05, 4.69) is 10.2 Å². The smallest absolute Gasteiger partial charge is 0.338 e. The summed E-state index contributed by atoms with van der Waals surface area (Å²) in [4.78, 5) is 44.9. The molecule has 0 aromatic heterocycles. The van der Waals surface area contributed by atoms with Gasteiger partial charge in [0, 0.05) is 60.6 Å². The topological polar surface area (TPSA) is 82.2 Å². The van der Waals surface area contributed by atoms with Crippen molar-refractivity contribution in [2.24, 2.45) is 0 Å². The molecule has 0 bridgehead atoms. The molecule has 2 atom stereocenters. The number of urea groups is 1. The highest BCUT2D eigenvalue weighted by molar-refractivity contribution is 6.30. The predicted octanol–water partition coefficient (Wildman–Crippen LogP) is 4.23. The lowest BCUT2D eigenvalue weighted by Crippen LogP contribution is -2.56. The first-order valence-corrected chi connectivity index (χ1v) is 13.1. The van der Waals surface area contributed by atoms with Gasteiger partial charge in [-0.3, -0.25) is 14.6 Å². The molecule has 2 aliphatic rings. The van der Waals surface area contributed by atoms with Crippen LogP contribution in [0.15, 0.2) is 59.8 Å². The van der Waals surface area contributed by atoms with Crippen LogP contribution in [0.25, 0.3) is 0 Å². The Kier molecular flexibility index (Phi) is 8.69. The summed E-state index contributed by atoms with van der Waals surface area (Å²) >= 11 is 5.97. The molecule has 1 fully saturated rings. The van der Waals surface area contributed by atoms with E-state index in [1.165, 1.54) is 11.0 Å². The number of esters is 1. The average Bonchev–Trinajstić information content (AvgIpc) is 2.89. The highest BCUT2D eigenvalue weighted by Crippen LogP contribution is 2.33. The summed E-state index contributed by atoms with van der Waals surface area (Å²) in [5.74, 6) is -1.20. The number of rotatable bonds is 7. The first kappa shape index (κ1) is 27.6. The van der Waals surface area contributed by atoms with Crippen LogP contribution in [0, 0.1) is 5.82 Å². The van der Waals surface area contributed by atoms with Crippen molar-refractivity contribution in [1.82, 2.24) is 20.0 Å². The van der Waals surface area contributed by atoms with Gasteiger partial charge in [0.1, 0.15) is 5.82 Å². The molecular weight excluding hydrogens is 511 g/mol. The van der Waals surface area contributed by atoms with Crippen LogP contribution in [0.4, 0.5) is 9.18 Å². The summed E-state index contributed by atoms with van der Waals surface area (Å²) < 4.78 is 20.2. The minimum Gasteiger partial charge on any atom is -0.463 e. The lowest BCUT2D eigenvalue weighted by molar-refractivity contribution is -0.139. The van der Waals surface area contributed by atoms with Crippen LogP contribution in [0.1, 0.15) is 42.7 Å². The molecule has 0 aliphatic carbocycles. The largest absolute Gasteiger partial charge is 0.463 e. The SMILES string of the molecule is CCOC(=O)C1=C(CN2CCN(C(=O)c3ccc(Cl)cc3)[C@H](C)C2)N(CC)C(=O)N[C@@H]1c1ccccc1F. The van der Waals surface area contributed by atoms with Crippen molar-refractivity contribution in [2.75, 3.05) is 39.3 Å². The number of benzene rings is 2. The zero-order chi connectivity index (χ0) is 27.4. The highest BCUT2D eigenvalue weighted by atomic mass is 35.5. The van der Waals surface area contributed by atoms with Gasteiger partial charge in [-0.15, -0.1) is 0 Å². The van der Waals surface area contributed by atoms with Crippen molar-refractivity contribution >= 4 is 29.5 Å². The first-order chi connectivity index (χ1) is 18.2. The number of hydrogen-bond acceptors (Lipinski definition) is 5. The molecule has 1 N–H and O–H groups in total. The highest BCUT2D eigenvalue weighted by Gasteiger charge is 2.40. The zero-order valence-corrected chi connectivity index (χ0v) is 22.5. The maximum Gasteiger partial charge on any atom is 0.338 e. The third-order valence-electron chi connectivity index (χ3n) is 6.90. The van der Waals surface area contributed by atoms with E-state index in [9.17, 15) is 18.8 Å². The molecule has 2 aromatic carbocycles. The molecule has 10 heteroatoms. The van der Waals surface area contributed by atoms with Gasteiger partial charge in [0.25, 0.3) is 5.91 Å². The molecular formula is C28H32ClFN4O4. The fourth-order valence-corrected chi connectivity index (χ4v) is 5.17. The van der Waals surface area contributed by atoms with Crippen LogP contribution >= 0.6 is 11.6 Å². The third-order valence-corrected chi connectivity index (χ3v) is 7.16. The molecule has 202 valence electrons. The van der Waals surface area contributed by atoms with E-state index >= 15 is 0 Å². The van der Waals surface area contributed by atoms with E-state index in [1.807, 2.05) is 18.7 Å². The Morgan fingerprint density at radius 1 is 1.11 bits per heavy atom. The number of likely N-dealkylation sites (N-methyl/N-ethyl adjacent to an activating group) is 1. The number of ether oxygens (including phenoxy) is 1. The maximum atomic E-state index is 14.8. The molecule has 2 aliphatic heterocycles. The second-order valence-electron chi connectivity index (χ2n) is 9.32. The lowest BCUT2D eigenvalue weighted by Gasteiger charge is -2.43. The number of halogens is 2.